The molecule has 1 N–H and O–H groups in total. The van der Waals surface area contributed by atoms with Gasteiger partial charge < -0.3 is 10.2 Å². The zero-order chi connectivity index (χ0) is 10.3. The Hall–Kier alpha value is -1.02. The van der Waals surface area contributed by atoms with Crippen LogP contribution in [0.1, 0.15) is 17.9 Å². The van der Waals surface area contributed by atoms with E-state index in [1.54, 1.807) is 0 Å². The van der Waals surface area contributed by atoms with Crippen molar-refractivity contribution in [2.75, 3.05) is 32.0 Å². The van der Waals surface area contributed by atoms with Crippen molar-refractivity contribution in [2.24, 2.45) is 5.92 Å². The lowest BCUT2D eigenvalue weighted by Gasteiger charge is -2.41. The zero-order valence-electron chi connectivity index (χ0n) is 9.24. The summed E-state index contributed by atoms with van der Waals surface area (Å²) >= 11 is 0. The lowest BCUT2D eigenvalue weighted by atomic mass is 9.78. The minimum Gasteiger partial charge on any atom is -0.385 e. The summed E-state index contributed by atoms with van der Waals surface area (Å²) in [6.45, 7) is 3.64. The molecule has 2 atom stereocenters. The molecule has 0 bridgehead atoms. The number of hydrogen-bond donors (Lipinski definition) is 1. The fraction of sp³-hybridized carbons (Fsp3) is 0.538. The predicted octanol–water partition coefficient (Wildman–Crippen LogP) is 2.15. The van der Waals surface area contributed by atoms with Crippen LogP contribution in [-0.4, -0.2) is 31.6 Å². The molecule has 1 fully saturated rings. The first kappa shape index (κ1) is 9.22. The molecule has 80 valence electrons. The average Bonchev–Trinajstić information content (AvgIpc) is 2.29. The molecule has 1 saturated heterocycles. The van der Waals surface area contributed by atoms with E-state index in [9.17, 15) is 0 Å². The minimum atomic E-state index is 0.751. The molecule has 0 aromatic heterocycles. The summed E-state index contributed by atoms with van der Waals surface area (Å²) < 4.78 is 0. The minimum absolute atomic E-state index is 0.751. The third-order valence-corrected chi connectivity index (χ3v) is 3.87. The summed E-state index contributed by atoms with van der Waals surface area (Å²) in [5.74, 6) is 1.59. The van der Waals surface area contributed by atoms with Gasteiger partial charge in [0.2, 0.25) is 0 Å². The van der Waals surface area contributed by atoms with Crippen molar-refractivity contribution in [3.63, 3.8) is 0 Å². The van der Waals surface area contributed by atoms with Gasteiger partial charge in [-0.2, -0.15) is 0 Å². The largest absolute Gasteiger partial charge is 0.385 e. The van der Waals surface area contributed by atoms with Crippen LogP contribution in [0.15, 0.2) is 24.3 Å². The number of nitrogens with one attached hydrogen (secondary N) is 1. The Kier molecular flexibility index (Phi) is 2.17. The highest BCUT2D eigenvalue weighted by molar-refractivity contribution is 5.55. The van der Waals surface area contributed by atoms with Crippen LogP contribution in [0.25, 0.3) is 0 Å². The molecule has 0 amide bonds. The second-order valence-corrected chi connectivity index (χ2v) is 4.89. The number of para-hydroxylation sites is 1. The van der Waals surface area contributed by atoms with Gasteiger partial charge >= 0.3 is 0 Å². The van der Waals surface area contributed by atoms with Gasteiger partial charge in [-0.15, -0.1) is 0 Å². The quantitative estimate of drug-likeness (QED) is 0.693. The Morgan fingerprint density at radius 1 is 1.33 bits per heavy atom. The van der Waals surface area contributed by atoms with E-state index in [1.165, 1.54) is 30.8 Å². The summed E-state index contributed by atoms with van der Waals surface area (Å²) in [6.07, 6.45) is 1.34. The molecular weight excluding hydrogens is 184 g/mol. The molecule has 2 aliphatic rings. The van der Waals surface area contributed by atoms with Gasteiger partial charge in [0, 0.05) is 24.7 Å². The molecule has 2 nitrogen and oxygen atoms in total. The van der Waals surface area contributed by atoms with Gasteiger partial charge in [-0.05, 0) is 37.6 Å². The van der Waals surface area contributed by atoms with Gasteiger partial charge in [0.25, 0.3) is 0 Å². The highest BCUT2D eigenvalue weighted by atomic mass is 15.1. The van der Waals surface area contributed by atoms with Gasteiger partial charge in [0.15, 0.2) is 0 Å². The maximum absolute atomic E-state index is 3.56. The topological polar surface area (TPSA) is 15.3 Å². The predicted molar refractivity (Wildman–Crippen MR) is 63.3 cm³/mol. The molecule has 0 aliphatic carbocycles. The molecular formula is C13H18N2. The Balaban J connectivity index is 1.96. The van der Waals surface area contributed by atoms with E-state index in [2.05, 4.69) is 41.5 Å². The van der Waals surface area contributed by atoms with Gasteiger partial charge in [-0.25, -0.2) is 0 Å². The third-order valence-electron chi connectivity index (χ3n) is 3.87. The van der Waals surface area contributed by atoms with Crippen molar-refractivity contribution in [1.29, 1.82) is 0 Å². The van der Waals surface area contributed by atoms with Crippen LogP contribution in [0, 0.1) is 5.92 Å². The normalized spacial score (nSPS) is 30.2. The van der Waals surface area contributed by atoms with Crippen molar-refractivity contribution >= 4 is 5.69 Å². The van der Waals surface area contributed by atoms with Crippen LogP contribution in [-0.2, 0) is 0 Å². The van der Waals surface area contributed by atoms with Crippen LogP contribution in [0.2, 0.25) is 0 Å². The Labute approximate surface area is 91.3 Å². The Morgan fingerprint density at radius 3 is 3.13 bits per heavy atom. The SMILES string of the molecule is CN1CCC2CNc3ccccc3C2C1. The van der Waals surface area contributed by atoms with Crippen molar-refractivity contribution in [3.8, 4) is 0 Å². The van der Waals surface area contributed by atoms with E-state index in [0.29, 0.717) is 0 Å². The van der Waals surface area contributed by atoms with E-state index >= 15 is 0 Å². The molecule has 0 radical (unpaired) electrons. The maximum atomic E-state index is 3.56. The van der Waals surface area contributed by atoms with Gasteiger partial charge in [0.1, 0.15) is 0 Å². The van der Waals surface area contributed by atoms with Gasteiger partial charge in [-0.3, -0.25) is 0 Å². The molecule has 15 heavy (non-hydrogen) atoms. The lowest BCUT2D eigenvalue weighted by Crippen LogP contribution is -2.41. The lowest BCUT2D eigenvalue weighted by molar-refractivity contribution is 0.192. The zero-order valence-corrected chi connectivity index (χ0v) is 9.24. The highest BCUT2D eigenvalue weighted by Gasteiger charge is 2.32. The number of likely N-dealkylation sites (tertiary alicyclic amines) is 1. The van der Waals surface area contributed by atoms with Gasteiger partial charge in [0.05, 0.1) is 0 Å². The smallest absolute Gasteiger partial charge is 0.0376 e. The summed E-state index contributed by atoms with van der Waals surface area (Å²) in [5.41, 5.74) is 2.88. The summed E-state index contributed by atoms with van der Waals surface area (Å²) in [4.78, 5) is 2.46. The fourth-order valence-corrected chi connectivity index (χ4v) is 2.98. The fourth-order valence-electron chi connectivity index (χ4n) is 2.98. The number of rotatable bonds is 0. The number of hydrogen-bond acceptors (Lipinski definition) is 2. The van der Waals surface area contributed by atoms with Gasteiger partial charge in [-0.1, -0.05) is 18.2 Å². The molecule has 1 aromatic rings. The van der Waals surface area contributed by atoms with E-state index in [-0.39, 0.29) is 0 Å². The first-order valence-electron chi connectivity index (χ1n) is 5.86. The summed E-state index contributed by atoms with van der Waals surface area (Å²) in [6, 6.07) is 8.79. The molecule has 2 heterocycles. The molecule has 0 saturated carbocycles. The standard InChI is InChI=1S/C13H18N2/c1-15-7-6-10-8-14-13-5-3-2-4-11(13)12(10)9-15/h2-5,10,12,14H,6-9H2,1H3. The van der Waals surface area contributed by atoms with Crippen molar-refractivity contribution in [3.05, 3.63) is 29.8 Å². The number of anilines is 1. The second-order valence-electron chi connectivity index (χ2n) is 4.89. The molecule has 3 rings (SSSR count). The molecule has 2 aliphatic heterocycles. The molecule has 2 unspecified atom stereocenters. The summed E-state index contributed by atoms with van der Waals surface area (Å²) in [5, 5.41) is 3.56. The van der Waals surface area contributed by atoms with Crippen LogP contribution < -0.4 is 5.32 Å². The molecule has 0 spiro atoms. The number of benzene rings is 1. The Morgan fingerprint density at radius 2 is 2.20 bits per heavy atom. The highest BCUT2D eigenvalue weighted by Crippen LogP contribution is 2.39. The second kappa shape index (κ2) is 3.53. The third kappa shape index (κ3) is 1.53. The number of likely N-dealkylation sites (N-methyl/N-ethyl adjacent to an activating group) is 1. The first-order chi connectivity index (χ1) is 7.34. The summed E-state index contributed by atoms with van der Waals surface area (Å²) in [7, 11) is 2.24. The first-order valence-corrected chi connectivity index (χ1v) is 5.86. The molecule has 2 heteroatoms. The van der Waals surface area contributed by atoms with Crippen molar-refractivity contribution in [1.82, 2.24) is 4.90 Å². The van der Waals surface area contributed by atoms with E-state index < -0.39 is 0 Å². The molecule has 1 aromatic carbocycles. The van der Waals surface area contributed by atoms with Crippen molar-refractivity contribution in [2.45, 2.75) is 12.3 Å². The maximum Gasteiger partial charge on any atom is 0.0376 e. The van der Waals surface area contributed by atoms with E-state index in [1.807, 2.05) is 0 Å². The van der Waals surface area contributed by atoms with Crippen LogP contribution in [0.4, 0.5) is 5.69 Å². The number of nitrogens with zero attached hydrogens (tertiary/aromatic N) is 1. The van der Waals surface area contributed by atoms with Crippen molar-refractivity contribution < 1.29 is 0 Å². The number of piperidine rings is 1. The van der Waals surface area contributed by atoms with Crippen LogP contribution >= 0.6 is 0 Å². The number of fused-ring (bicyclic) bond motifs is 3. The van der Waals surface area contributed by atoms with Crippen LogP contribution in [0.5, 0.6) is 0 Å². The monoisotopic (exact) mass is 202 g/mol. The Bertz CT molecular complexity index is 361. The van der Waals surface area contributed by atoms with Crippen LogP contribution in [0.3, 0.4) is 0 Å². The average molecular weight is 202 g/mol. The van der Waals surface area contributed by atoms with E-state index in [0.717, 1.165) is 18.4 Å². The van der Waals surface area contributed by atoms with E-state index in [4.69, 9.17) is 0 Å².